The maximum atomic E-state index is 12.7. The number of benzene rings is 2. The fourth-order valence-corrected chi connectivity index (χ4v) is 3.68. The maximum Gasteiger partial charge on any atom is 0.340 e. The van der Waals surface area contributed by atoms with Crippen LogP contribution in [0.3, 0.4) is 0 Å². The van der Waals surface area contributed by atoms with Gasteiger partial charge in [0.15, 0.2) is 0 Å². The summed E-state index contributed by atoms with van der Waals surface area (Å²) < 4.78 is 32.6. The molecule has 4 rings (SSSR count). The highest BCUT2D eigenvalue weighted by Crippen LogP contribution is 2.27. The molecule has 0 aliphatic rings. The summed E-state index contributed by atoms with van der Waals surface area (Å²) >= 11 is 0. The van der Waals surface area contributed by atoms with Crippen LogP contribution in [0.25, 0.3) is 22.4 Å². The molecular weight excluding hydrogens is 404 g/mol. The number of fused-ring (bicyclic) bond motifs is 1. The number of rotatable bonds is 4. The predicted molar refractivity (Wildman–Crippen MR) is 115 cm³/mol. The highest BCUT2D eigenvalue weighted by molar-refractivity contribution is 7.61. The van der Waals surface area contributed by atoms with Gasteiger partial charge in [0, 0.05) is 42.4 Å². The molecule has 2 heterocycles. The van der Waals surface area contributed by atoms with Gasteiger partial charge < -0.3 is 15.1 Å². The van der Waals surface area contributed by atoms with Gasteiger partial charge >= 0.3 is 16.1 Å². The SMILES string of the molecule is Cc1c(Cc2cccc(N=S(=O)=O)c2)c(=O)oc2cc(-c3nccn3C)ccc12.N. The first kappa shape index (κ1) is 21.2. The summed E-state index contributed by atoms with van der Waals surface area (Å²) in [6.45, 7) is 1.88. The number of hydrogen-bond acceptors (Lipinski definition) is 7. The molecule has 0 atom stereocenters. The van der Waals surface area contributed by atoms with Crippen LogP contribution in [0.2, 0.25) is 0 Å². The van der Waals surface area contributed by atoms with E-state index in [0.717, 1.165) is 27.9 Å². The van der Waals surface area contributed by atoms with Gasteiger partial charge in [-0.05, 0) is 36.2 Å². The number of aryl methyl sites for hydroxylation is 2. The summed E-state index contributed by atoms with van der Waals surface area (Å²) in [7, 11) is -0.625. The lowest BCUT2D eigenvalue weighted by Gasteiger charge is -2.10. The lowest BCUT2D eigenvalue weighted by Crippen LogP contribution is -2.11. The van der Waals surface area contributed by atoms with Crippen LogP contribution in [0.4, 0.5) is 5.69 Å². The Morgan fingerprint density at radius 2 is 1.97 bits per heavy atom. The molecule has 0 bridgehead atoms. The molecule has 8 nitrogen and oxygen atoms in total. The second kappa shape index (κ2) is 8.44. The Kier molecular flexibility index (Phi) is 5.95. The average Bonchev–Trinajstić information content (AvgIpc) is 3.10. The highest BCUT2D eigenvalue weighted by Gasteiger charge is 2.14. The lowest BCUT2D eigenvalue weighted by molar-refractivity contribution is 0.551. The smallest absolute Gasteiger partial charge is 0.340 e. The summed E-state index contributed by atoms with van der Waals surface area (Å²) in [6.07, 6.45) is 3.89. The summed E-state index contributed by atoms with van der Waals surface area (Å²) in [5.74, 6) is 0.785. The third-order valence-electron chi connectivity index (χ3n) is 4.84. The monoisotopic (exact) mass is 424 g/mol. The minimum atomic E-state index is -2.53. The first-order chi connectivity index (χ1) is 13.9. The molecule has 0 aliphatic heterocycles. The molecule has 0 saturated carbocycles. The number of hydrogen-bond donors (Lipinski definition) is 1. The van der Waals surface area contributed by atoms with Gasteiger partial charge in [-0.3, -0.25) is 0 Å². The van der Waals surface area contributed by atoms with Gasteiger partial charge in [-0.15, -0.1) is 4.36 Å². The summed E-state index contributed by atoms with van der Waals surface area (Å²) in [4.78, 5) is 17.0. The Morgan fingerprint density at radius 1 is 1.17 bits per heavy atom. The molecule has 0 amide bonds. The van der Waals surface area contributed by atoms with Crippen molar-refractivity contribution < 1.29 is 12.8 Å². The largest absolute Gasteiger partial charge is 0.422 e. The minimum Gasteiger partial charge on any atom is -0.422 e. The molecule has 0 aliphatic carbocycles. The van der Waals surface area contributed by atoms with Gasteiger partial charge in [0.25, 0.3) is 0 Å². The third kappa shape index (κ3) is 4.07. The Labute approximate surface area is 174 Å². The van der Waals surface area contributed by atoms with Gasteiger partial charge in [0.2, 0.25) is 0 Å². The molecule has 2 aromatic carbocycles. The zero-order valence-electron chi connectivity index (χ0n) is 16.5. The van der Waals surface area contributed by atoms with Crippen LogP contribution < -0.4 is 11.8 Å². The first-order valence-corrected chi connectivity index (χ1v) is 9.89. The van der Waals surface area contributed by atoms with E-state index in [1.807, 2.05) is 49.0 Å². The van der Waals surface area contributed by atoms with E-state index in [1.54, 1.807) is 24.4 Å². The van der Waals surface area contributed by atoms with Crippen LogP contribution in [0.15, 0.2) is 68.4 Å². The topological polar surface area (TPSA) is 130 Å². The van der Waals surface area contributed by atoms with E-state index in [4.69, 9.17) is 4.42 Å². The van der Waals surface area contributed by atoms with Crippen LogP contribution in [-0.2, 0) is 24.0 Å². The number of imidazole rings is 1. The van der Waals surface area contributed by atoms with Gasteiger partial charge in [0.1, 0.15) is 11.4 Å². The van der Waals surface area contributed by atoms with Crippen molar-refractivity contribution in [2.24, 2.45) is 11.4 Å². The molecule has 0 spiro atoms. The molecular formula is C21H20N4O4S. The Bertz CT molecular complexity index is 1430. The normalized spacial score (nSPS) is 10.6. The molecule has 0 unspecified atom stereocenters. The van der Waals surface area contributed by atoms with E-state index in [1.165, 1.54) is 0 Å². The van der Waals surface area contributed by atoms with Crippen LogP contribution in [0.5, 0.6) is 0 Å². The zero-order chi connectivity index (χ0) is 20.5. The average molecular weight is 424 g/mol. The van der Waals surface area contributed by atoms with Crippen LogP contribution in [0, 0.1) is 6.92 Å². The Balaban J connectivity index is 0.00000256. The van der Waals surface area contributed by atoms with Gasteiger partial charge in [-0.25, -0.2) is 9.78 Å². The second-order valence-electron chi connectivity index (χ2n) is 6.72. The lowest BCUT2D eigenvalue weighted by atomic mass is 9.98. The van der Waals surface area contributed by atoms with Crippen LogP contribution >= 0.6 is 0 Å². The van der Waals surface area contributed by atoms with Crippen molar-refractivity contribution in [2.45, 2.75) is 13.3 Å². The van der Waals surface area contributed by atoms with Gasteiger partial charge in [-0.1, -0.05) is 24.3 Å². The van der Waals surface area contributed by atoms with Crippen molar-refractivity contribution in [1.29, 1.82) is 0 Å². The summed E-state index contributed by atoms with van der Waals surface area (Å²) in [5, 5.41) is 0.846. The highest BCUT2D eigenvalue weighted by atomic mass is 32.2. The molecule has 2 aromatic heterocycles. The van der Waals surface area contributed by atoms with Crippen LogP contribution in [-0.4, -0.2) is 18.0 Å². The van der Waals surface area contributed by atoms with E-state index in [-0.39, 0.29) is 6.15 Å². The molecule has 0 fully saturated rings. The molecule has 154 valence electrons. The quantitative estimate of drug-likeness (QED) is 0.494. The predicted octanol–water partition coefficient (Wildman–Crippen LogP) is 3.95. The van der Waals surface area contributed by atoms with Crippen molar-refractivity contribution >= 4 is 27.2 Å². The second-order valence-corrected chi connectivity index (χ2v) is 7.34. The molecule has 3 N–H and O–H groups in total. The van der Waals surface area contributed by atoms with Crippen molar-refractivity contribution in [2.75, 3.05) is 0 Å². The molecule has 4 aromatic rings. The fourth-order valence-electron chi connectivity index (χ4n) is 3.39. The Hall–Kier alpha value is -3.56. The minimum absolute atomic E-state index is 0. The number of nitrogens with zero attached hydrogens (tertiary/aromatic N) is 3. The zero-order valence-corrected chi connectivity index (χ0v) is 17.3. The molecule has 0 saturated heterocycles. The van der Waals surface area contributed by atoms with Gasteiger partial charge in [0.05, 0.1) is 5.69 Å². The summed E-state index contributed by atoms with van der Waals surface area (Å²) in [6, 6.07) is 12.5. The van der Waals surface area contributed by atoms with E-state index in [9.17, 15) is 13.2 Å². The van der Waals surface area contributed by atoms with Gasteiger partial charge in [-0.2, -0.15) is 8.42 Å². The standard InChI is InChI=1S/C21H17N3O4S.H3N/c1-13-17-7-6-15(20-22-8-9-24(20)2)12-19(17)28-21(25)18(13)11-14-4-3-5-16(10-14)23-29(26)27;/h3-10,12H,11H2,1-2H3;1H3. The van der Waals surface area contributed by atoms with Crippen LogP contribution in [0.1, 0.15) is 16.7 Å². The summed E-state index contributed by atoms with van der Waals surface area (Å²) in [5.41, 5.74) is 3.40. The number of aromatic nitrogens is 2. The van der Waals surface area contributed by atoms with E-state index >= 15 is 0 Å². The Morgan fingerprint density at radius 3 is 2.67 bits per heavy atom. The molecule has 9 heteroatoms. The fraction of sp³-hybridized carbons (Fsp3) is 0.143. The molecule has 30 heavy (non-hydrogen) atoms. The van der Waals surface area contributed by atoms with Crippen molar-refractivity contribution in [3.8, 4) is 11.4 Å². The molecule has 0 radical (unpaired) electrons. The third-order valence-corrected chi connectivity index (χ3v) is 5.20. The van der Waals surface area contributed by atoms with E-state index < -0.39 is 16.1 Å². The maximum absolute atomic E-state index is 12.7. The van der Waals surface area contributed by atoms with Crippen molar-refractivity contribution in [1.82, 2.24) is 15.7 Å². The van der Waals surface area contributed by atoms with Crippen molar-refractivity contribution in [3.63, 3.8) is 0 Å². The van der Waals surface area contributed by atoms with E-state index in [2.05, 4.69) is 9.35 Å². The first-order valence-electron chi connectivity index (χ1n) is 8.86. The van der Waals surface area contributed by atoms with Crippen molar-refractivity contribution in [3.05, 3.63) is 82.0 Å². The van der Waals surface area contributed by atoms with E-state index in [0.29, 0.717) is 23.3 Å².